The Labute approximate surface area is 168 Å². The molecule has 0 atom stereocenters. The molecule has 3 aromatic rings. The van der Waals surface area contributed by atoms with Crippen LogP contribution in [-0.4, -0.2) is 9.97 Å². The number of rotatable bonds is 8. The zero-order chi connectivity index (χ0) is 20.7. The van der Waals surface area contributed by atoms with Crippen molar-refractivity contribution in [3.8, 4) is 0 Å². The Kier molecular flexibility index (Phi) is 6.69. The summed E-state index contributed by atoms with van der Waals surface area (Å²) in [6, 6.07) is 16.4. The lowest BCUT2D eigenvalue weighted by Gasteiger charge is -2.15. The number of aromatic nitrogens is 2. The van der Waals surface area contributed by atoms with Crippen molar-refractivity contribution in [2.75, 3.05) is 10.6 Å². The number of benzene rings is 2. The number of nitrogens with zero attached hydrogens (tertiary/aromatic N) is 2. The van der Waals surface area contributed by atoms with Crippen molar-refractivity contribution in [2.24, 2.45) is 0 Å². The maximum absolute atomic E-state index is 13.4. The van der Waals surface area contributed by atoms with Gasteiger partial charge in [-0.05, 0) is 42.7 Å². The van der Waals surface area contributed by atoms with Crippen LogP contribution in [0.15, 0.2) is 60.8 Å². The summed E-state index contributed by atoms with van der Waals surface area (Å²) in [5.41, 5.74) is 1.48. The first kappa shape index (κ1) is 20.6. The monoisotopic (exact) mass is 400 g/mol. The van der Waals surface area contributed by atoms with Gasteiger partial charge in [-0.2, -0.15) is 18.2 Å². The van der Waals surface area contributed by atoms with Gasteiger partial charge in [-0.1, -0.05) is 50.1 Å². The number of aryl methyl sites for hydroxylation is 1. The van der Waals surface area contributed by atoms with Gasteiger partial charge in [0, 0.05) is 17.6 Å². The highest BCUT2D eigenvalue weighted by Gasteiger charge is 2.35. The first-order valence-corrected chi connectivity index (χ1v) is 9.58. The van der Waals surface area contributed by atoms with Crippen molar-refractivity contribution < 1.29 is 13.2 Å². The molecule has 0 saturated carbocycles. The summed E-state index contributed by atoms with van der Waals surface area (Å²) in [7, 11) is 0. The SMILES string of the molecule is CCCCCc1ccc(Nc2nc(Nc3ccccc3)ncc2C(F)(F)F)cc1. The topological polar surface area (TPSA) is 49.8 Å². The molecule has 1 heterocycles. The molecule has 0 aliphatic carbocycles. The van der Waals surface area contributed by atoms with Crippen molar-refractivity contribution in [1.82, 2.24) is 9.97 Å². The molecule has 0 aliphatic rings. The predicted octanol–water partition coefficient (Wildman–Crippen LogP) is 6.72. The van der Waals surface area contributed by atoms with Crippen molar-refractivity contribution in [3.05, 3.63) is 71.9 Å². The third-order valence-corrected chi connectivity index (χ3v) is 4.41. The molecular formula is C22H23F3N4. The molecule has 0 fully saturated rings. The van der Waals surface area contributed by atoms with E-state index in [1.165, 1.54) is 0 Å². The summed E-state index contributed by atoms with van der Waals surface area (Å²) < 4.78 is 40.2. The van der Waals surface area contributed by atoms with Crippen LogP contribution < -0.4 is 10.6 Å². The molecule has 3 rings (SSSR count). The largest absolute Gasteiger partial charge is 0.421 e. The van der Waals surface area contributed by atoms with Crippen LogP contribution in [0.2, 0.25) is 0 Å². The Balaban J connectivity index is 1.81. The van der Waals surface area contributed by atoms with Crippen LogP contribution in [0, 0.1) is 0 Å². The van der Waals surface area contributed by atoms with Gasteiger partial charge < -0.3 is 10.6 Å². The maximum atomic E-state index is 13.4. The lowest BCUT2D eigenvalue weighted by molar-refractivity contribution is -0.137. The van der Waals surface area contributed by atoms with E-state index in [1.54, 1.807) is 24.3 Å². The standard InChI is InChI=1S/C22H23F3N4/c1-2-3-5-8-16-11-13-18(14-12-16)27-20-19(22(23,24)25)15-26-21(29-20)28-17-9-6-4-7-10-17/h4,6-7,9-15H,2-3,5,8H2,1H3,(H2,26,27,28,29). The van der Waals surface area contributed by atoms with Gasteiger partial charge in [0.25, 0.3) is 0 Å². The normalized spacial score (nSPS) is 11.3. The average molecular weight is 400 g/mol. The number of anilines is 4. The molecule has 29 heavy (non-hydrogen) atoms. The second-order valence-corrected chi connectivity index (χ2v) is 6.72. The van der Waals surface area contributed by atoms with E-state index in [0.717, 1.165) is 37.4 Å². The molecule has 0 bridgehead atoms. The summed E-state index contributed by atoms with van der Waals surface area (Å²) in [4.78, 5) is 7.88. The zero-order valence-electron chi connectivity index (χ0n) is 16.1. The molecule has 2 aromatic carbocycles. The minimum absolute atomic E-state index is 0.0860. The van der Waals surface area contributed by atoms with Gasteiger partial charge in [-0.25, -0.2) is 4.98 Å². The fourth-order valence-corrected chi connectivity index (χ4v) is 2.87. The Morgan fingerprint density at radius 2 is 1.55 bits per heavy atom. The summed E-state index contributed by atoms with van der Waals surface area (Å²) in [5, 5.41) is 5.71. The van der Waals surface area contributed by atoms with E-state index >= 15 is 0 Å². The Morgan fingerprint density at radius 1 is 0.862 bits per heavy atom. The Hall–Kier alpha value is -3.09. The fourth-order valence-electron chi connectivity index (χ4n) is 2.87. The second kappa shape index (κ2) is 9.41. The van der Waals surface area contributed by atoms with Crippen LogP contribution in [0.5, 0.6) is 0 Å². The molecule has 152 valence electrons. The highest BCUT2D eigenvalue weighted by atomic mass is 19.4. The highest BCUT2D eigenvalue weighted by molar-refractivity contribution is 5.63. The van der Waals surface area contributed by atoms with Crippen LogP contribution in [0.25, 0.3) is 0 Å². The van der Waals surface area contributed by atoms with Gasteiger partial charge in [-0.3, -0.25) is 0 Å². The summed E-state index contributed by atoms with van der Waals surface area (Å²) >= 11 is 0. The quantitative estimate of drug-likeness (QED) is 0.412. The summed E-state index contributed by atoms with van der Waals surface area (Å²) in [6.07, 6.45) is 0.593. The van der Waals surface area contributed by atoms with Gasteiger partial charge in [0.1, 0.15) is 11.4 Å². The second-order valence-electron chi connectivity index (χ2n) is 6.72. The molecule has 0 saturated heterocycles. The average Bonchev–Trinajstić information content (AvgIpc) is 2.70. The van der Waals surface area contributed by atoms with E-state index in [9.17, 15) is 13.2 Å². The third kappa shape index (κ3) is 5.94. The zero-order valence-corrected chi connectivity index (χ0v) is 16.1. The number of para-hydroxylation sites is 1. The van der Waals surface area contributed by atoms with Gasteiger partial charge in [0.05, 0.1) is 0 Å². The van der Waals surface area contributed by atoms with Crippen LogP contribution in [0.4, 0.5) is 36.3 Å². The third-order valence-electron chi connectivity index (χ3n) is 4.41. The number of nitrogens with one attached hydrogen (secondary N) is 2. The van der Waals surface area contributed by atoms with Crippen LogP contribution in [-0.2, 0) is 12.6 Å². The molecule has 0 spiro atoms. The van der Waals surface area contributed by atoms with Crippen LogP contribution in [0.3, 0.4) is 0 Å². The van der Waals surface area contributed by atoms with E-state index < -0.39 is 11.7 Å². The molecule has 0 radical (unpaired) electrons. The molecule has 4 nitrogen and oxygen atoms in total. The molecule has 7 heteroatoms. The van der Waals surface area contributed by atoms with E-state index in [1.807, 2.05) is 30.3 Å². The minimum Gasteiger partial charge on any atom is -0.340 e. The molecule has 0 unspecified atom stereocenters. The molecule has 0 aliphatic heterocycles. The van der Waals surface area contributed by atoms with E-state index in [4.69, 9.17) is 0 Å². The van der Waals surface area contributed by atoms with Crippen molar-refractivity contribution in [3.63, 3.8) is 0 Å². The van der Waals surface area contributed by atoms with E-state index in [2.05, 4.69) is 27.5 Å². The first-order valence-electron chi connectivity index (χ1n) is 9.58. The predicted molar refractivity (Wildman–Crippen MR) is 110 cm³/mol. The number of alkyl halides is 3. The van der Waals surface area contributed by atoms with Gasteiger partial charge >= 0.3 is 6.18 Å². The molecular weight excluding hydrogens is 377 g/mol. The lowest BCUT2D eigenvalue weighted by Crippen LogP contribution is -2.12. The van der Waals surface area contributed by atoms with Crippen molar-refractivity contribution in [2.45, 2.75) is 38.8 Å². The summed E-state index contributed by atoms with van der Waals surface area (Å²) in [6.45, 7) is 2.15. The lowest BCUT2D eigenvalue weighted by atomic mass is 10.1. The number of unbranched alkanes of at least 4 members (excludes halogenated alkanes) is 2. The van der Waals surface area contributed by atoms with Crippen LogP contribution in [0.1, 0.15) is 37.3 Å². The number of halogens is 3. The molecule has 0 amide bonds. The van der Waals surface area contributed by atoms with Crippen molar-refractivity contribution >= 4 is 23.1 Å². The van der Waals surface area contributed by atoms with Crippen molar-refractivity contribution in [1.29, 1.82) is 0 Å². The highest BCUT2D eigenvalue weighted by Crippen LogP contribution is 2.35. The van der Waals surface area contributed by atoms with Gasteiger partial charge in [0.15, 0.2) is 0 Å². The smallest absolute Gasteiger partial charge is 0.340 e. The minimum atomic E-state index is -4.56. The van der Waals surface area contributed by atoms with Gasteiger partial charge in [0.2, 0.25) is 5.95 Å². The fraction of sp³-hybridized carbons (Fsp3) is 0.273. The van der Waals surface area contributed by atoms with Crippen LogP contribution >= 0.6 is 0 Å². The Bertz CT molecular complexity index is 910. The maximum Gasteiger partial charge on any atom is 0.421 e. The summed E-state index contributed by atoms with van der Waals surface area (Å²) in [5.74, 6) is -0.201. The van der Waals surface area contributed by atoms with E-state index in [-0.39, 0.29) is 11.8 Å². The Morgan fingerprint density at radius 3 is 2.21 bits per heavy atom. The molecule has 2 N–H and O–H groups in total. The van der Waals surface area contributed by atoms with Gasteiger partial charge in [-0.15, -0.1) is 0 Å². The van der Waals surface area contributed by atoms with E-state index in [0.29, 0.717) is 11.4 Å². The first-order chi connectivity index (χ1) is 14.0. The molecule has 1 aromatic heterocycles. The number of hydrogen-bond donors (Lipinski definition) is 2. The number of hydrogen-bond acceptors (Lipinski definition) is 4.